The molecule has 3 aromatic rings. The van der Waals surface area contributed by atoms with Crippen molar-refractivity contribution in [2.75, 3.05) is 18.0 Å². The van der Waals surface area contributed by atoms with Crippen LogP contribution in [-0.2, 0) is 6.18 Å². The zero-order valence-electron chi connectivity index (χ0n) is 15.6. The fourth-order valence-corrected chi connectivity index (χ4v) is 3.80. The van der Waals surface area contributed by atoms with E-state index < -0.39 is 44.9 Å². The van der Waals surface area contributed by atoms with E-state index in [0.29, 0.717) is 25.2 Å². The van der Waals surface area contributed by atoms with E-state index in [1.165, 1.54) is 12.1 Å². The summed E-state index contributed by atoms with van der Waals surface area (Å²) < 4.78 is 45.2. The summed E-state index contributed by atoms with van der Waals surface area (Å²) in [5.74, 6) is -1.88. The van der Waals surface area contributed by atoms with Gasteiger partial charge in [-0.1, -0.05) is 11.6 Å². The summed E-state index contributed by atoms with van der Waals surface area (Å²) >= 11 is 6.20. The monoisotopic (exact) mass is 478 g/mol. The first-order chi connectivity index (χ1) is 14.1. The van der Waals surface area contributed by atoms with Crippen molar-refractivity contribution in [3.8, 4) is 0 Å². The van der Waals surface area contributed by atoms with Gasteiger partial charge < -0.3 is 25.5 Å². The highest BCUT2D eigenvalue weighted by molar-refractivity contribution is 6.34. The molecule has 2 N–H and O–H groups in total. The van der Waals surface area contributed by atoms with Gasteiger partial charge in [0.25, 0.3) is 16.8 Å². The molecule has 3 heterocycles. The van der Waals surface area contributed by atoms with E-state index in [4.69, 9.17) is 21.8 Å². The van der Waals surface area contributed by atoms with E-state index in [1.54, 1.807) is 4.90 Å². The van der Waals surface area contributed by atoms with Crippen LogP contribution in [0.5, 0.6) is 0 Å². The van der Waals surface area contributed by atoms with Gasteiger partial charge in [-0.05, 0) is 18.6 Å². The van der Waals surface area contributed by atoms with Crippen molar-refractivity contribution in [3.63, 3.8) is 0 Å². The summed E-state index contributed by atoms with van der Waals surface area (Å²) in [5.41, 5.74) is 1.82. The normalized spacial score (nSPS) is 16.5. The van der Waals surface area contributed by atoms with Crippen LogP contribution in [0.25, 0.3) is 11.0 Å². The van der Waals surface area contributed by atoms with E-state index in [2.05, 4.69) is 0 Å². The smallest absolute Gasteiger partial charge is 0.486 e. The van der Waals surface area contributed by atoms with Crippen LogP contribution < -0.4 is 20.1 Å². The number of carbonyl (C=O) groups excluding carboxylic acids is 1. The van der Waals surface area contributed by atoms with Gasteiger partial charge in [-0.25, -0.2) is 0 Å². The second-order valence-electron chi connectivity index (χ2n) is 6.88. The second kappa shape index (κ2) is 8.06. The zero-order valence-corrected chi connectivity index (χ0v) is 17.1. The van der Waals surface area contributed by atoms with Gasteiger partial charge in [0.15, 0.2) is 5.76 Å². The fraction of sp³-hybridized carbons (Fsp3) is 0.278. The molecule has 166 valence electrons. The van der Waals surface area contributed by atoms with E-state index in [1.807, 2.05) is 0 Å². The van der Waals surface area contributed by atoms with Crippen LogP contribution in [0.3, 0.4) is 0 Å². The maximum Gasteiger partial charge on any atom is 0.486 e. The predicted octanol–water partition coefficient (Wildman–Crippen LogP) is 2.56. The average molecular weight is 479 g/mol. The summed E-state index contributed by atoms with van der Waals surface area (Å²) in [7, 11) is 0. The lowest BCUT2D eigenvalue weighted by Gasteiger charge is -2.20. The lowest BCUT2D eigenvalue weighted by molar-refractivity contribution is -0.647. The van der Waals surface area contributed by atoms with Crippen molar-refractivity contribution >= 4 is 46.5 Å². The van der Waals surface area contributed by atoms with Gasteiger partial charge in [0, 0.05) is 31.3 Å². The summed E-state index contributed by atoms with van der Waals surface area (Å²) in [5, 5.41) is 25.6. The number of nitrogens with two attached hydrogens (primary N) is 1. The third kappa shape index (κ3) is 3.84. The zero-order chi connectivity index (χ0) is 21.8. The van der Waals surface area contributed by atoms with Gasteiger partial charge in [-0.2, -0.15) is 13.2 Å². The van der Waals surface area contributed by atoms with Crippen molar-refractivity contribution in [2.24, 2.45) is 5.73 Å². The summed E-state index contributed by atoms with van der Waals surface area (Å²) in [4.78, 5) is 14.4. The lowest BCUT2D eigenvalue weighted by atomic mass is 10.1. The third-order valence-electron chi connectivity index (χ3n) is 4.91. The quantitative estimate of drug-likeness (QED) is 0.351. The standard InChI is InChI=1S/C18H14ClF3N4O4.ClH/c19-10-6-12-13(7-11(10)24-4-3-9(23)8-24)25(28)15(16(27)14-2-1-5-30-14)17(26(12)29)18(20,21)22;/h1-2,5-7,9H,3-4,8,23H2;1H. The second-order valence-corrected chi connectivity index (χ2v) is 7.28. The largest absolute Gasteiger partial charge is 0.618 e. The molecule has 8 nitrogen and oxygen atoms in total. The molecule has 2 aromatic heterocycles. The van der Waals surface area contributed by atoms with Crippen LogP contribution in [0.15, 0.2) is 34.9 Å². The average Bonchev–Trinajstić information content (AvgIpc) is 3.34. The van der Waals surface area contributed by atoms with Crippen LogP contribution in [-0.4, -0.2) is 24.9 Å². The number of nitrogens with zero attached hydrogens (tertiary/aromatic N) is 3. The number of rotatable bonds is 3. The van der Waals surface area contributed by atoms with Gasteiger partial charge in [0.2, 0.25) is 0 Å². The van der Waals surface area contributed by atoms with Crippen LogP contribution in [0.2, 0.25) is 5.02 Å². The van der Waals surface area contributed by atoms with Crippen molar-refractivity contribution < 1.29 is 31.8 Å². The maximum absolute atomic E-state index is 13.7. The number of ketones is 1. The Morgan fingerprint density at radius 3 is 2.48 bits per heavy atom. The molecule has 31 heavy (non-hydrogen) atoms. The minimum atomic E-state index is -5.29. The topological polar surface area (TPSA) is 113 Å². The molecule has 1 saturated heterocycles. The molecule has 1 aliphatic heterocycles. The van der Waals surface area contributed by atoms with Crippen molar-refractivity contribution in [1.29, 1.82) is 0 Å². The van der Waals surface area contributed by atoms with Crippen molar-refractivity contribution in [1.82, 2.24) is 0 Å². The van der Waals surface area contributed by atoms with E-state index in [-0.39, 0.29) is 28.2 Å². The molecule has 0 amide bonds. The van der Waals surface area contributed by atoms with Crippen molar-refractivity contribution in [3.05, 3.63) is 63.1 Å². The Morgan fingerprint density at radius 2 is 1.94 bits per heavy atom. The summed E-state index contributed by atoms with van der Waals surface area (Å²) in [6.07, 6.45) is -3.56. The Hall–Kier alpha value is -2.76. The molecule has 0 saturated carbocycles. The molecule has 13 heteroatoms. The summed E-state index contributed by atoms with van der Waals surface area (Å²) in [6, 6.07) is 4.41. The SMILES string of the molecule is Cl.NC1CCN(c2cc3c(cc2Cl)[n+]([O-])c(C(F)(F)F)c(C(=O)c2ccco2)[n+]3[O-])C1. The van der Waals surface area contributed by atoms with Gasteiger partial charge >= 0.3 is 17.6 Å². The molecule has 0 bridgehead atoms. The highest BCUT2D eigenvalue weighted by atomic mass is 35.5. The Balaban J connectivity index is 0.00000272. The van der Waals surface area contributed by atoms with Gasteiger partial charge in [0.05, 0.1) is 17.0 Å². The van der Waals surface area contributed by atoms with Gasteiger partial charge in [0.1, 0.15) is 0 Å². The number of carbonyl (C=O) groups is 1. The molecule has 1 aromatic carbocycles. The first-order valence-corrected chi connectivity index (χ1v) is 9.15. The number of benzene rings is 1. The molecular formula is C18H15Cl2F3N4O4. The molecule has 1 unspecified atom stereocenters. The highest BCUT2D eigenvalue weighted by Gasteiger charge is 2.52. The van der Waals surface area contributed by atoms with Crippen LogP contribution in [0.1, 0.15) is 28.4 Å². The molecule has 0 aliphatic carbocycles. The van der Waals surface area contributed by atoms with Crippen LogP contribution >= 0.6 is 24.0 Å². The number of fused-ring (bicyclic) bond motifs is 1. The highest BCUT2D eigenvalue weighted by Crippen LogP contribution is 2.34. The molecule has 1 aliphatic rings. The van der Waals surface area contributed by atoms with Crippen LogP contribution in [0.4, 0.5) is 18.9 Å². The maximum atomic E-state index is 13.7. The fourth-order valence-electron chi connectivity index (χ4n) is 3.52. The van der Waals surface area contributed by atoms with Crippen molar-refractivity contribution in [2.45, 2.75) is 18.6 Å². The first-order valence-electron chi connectivity index (χ1n) is 8.78. The number of halogens is 5. The first kappa shape index (κ1) is 22.9. The number of furan rings is 1. The Kier molecular flexibility index (Phi) is 5.96. The Labute approximate surface area is 184 Å². The molecule has 4 rings (SSSR count). The molecule has 1 atom stereocenters. The third-order valence-corrected chi connectivity index (χ3v) is 5.21. The molecule has 0 spiro atoms. The number of anilines is 1. The van der Waals surface area contributed by atoms with E-state index >= 15 is 0 Å². The number of alkyl halides is 3. The molecule has 1 fully saturated rings. The number of aromatic nitrogens is 2. The van der Waals surface area contributed by atoms with Gasteiger partial charge in [-0.3, -0.25) is 4.79 Å². The van der Waals surface area contributed by atoms with Crippen LogP contribution in [0, 0.1) is 10.4 Å². The van der Waals surface area contributed by atoms with Gasteiger partial charge in [-0.15, -0.1) is 21.9 Å². The number of hydrogen-bond acceptors (Lipinski definition) is 6. The van der Waals surface area contributed by atoms with E-state index in [0.717, 1.165) is 18.4 Å². The van der Waals surface area contributed by atoms with E-state index in [9.17, 15) is 28.4 Å². The Bertz CT molecular complexity index is 1160. The molecular weight excluding hydrogens is 464 g/mol. The minimum Gasteiger partial charge on any atom is -0.618 e. The lowest BCUT2D eigenvalue weighted by Crippen LogP contribution is -2.50. The summed E-state index contributed by atoms with van der Waals surface area (Å²) in [6.45, 7) is 0.932. The predicted molar refractivity (Wildman–Crippen MR) is 106 cm³/mol. The number of hydrogen-bond donors (Lipinski definition) is 1. The minimum absolute atomic E-state index is 0. The molecule has 0 radical (unpaired) electrons. The Morgan fingerprint density at radius 1 is 1.26 bits per heavy atom.